The number of rotatable bonds is 3. The monoisotopic (exact) mass is 411 g/mol. The van der Waals surface area contributed by atoms with Gasteiger partial charge in [-0.15, -0.1) is 0 Å². The van der Waals surface area contributed by atoms with E-state index in [-0.39, 0.29) is 27.3 Å². The van der Waals surface area contributed by atoms with Gasteiger partial charge in [-0.25, -0.2) is 13.6 Å². The summed E-state index contributed by atoms with van der Waals surface area (Å²) in [5.74, 6) is -1.80. The number of halogens is 3. The number of aromatic nitrogens is 1. The largest absolute Gasteiger partial charge is 0.421 e. The number of carbonyl (C=O) groups excluding carboxylic acids is 1. The Balaban J connectivity index is 1.87. The minimum Gasteiger partial charge on any atom is -0.421 e. The topological polar surface area (TPSA) is 48.3 Å². The van der Waals surface area contributed by atoms with E-state index in [1.54, 1.807) is 24.3 Å². The molecule has 0 aliphatic heterocycles. The summed E-state index contributed by atoms with van der Waals surface area (Å²) in [5.41, 5.74) is 0.115. The minimum atomic E-state index is -0.773. The summed E-state index contributed by atoms with van der Waals surface area (Å²) >= 11 is 5.94. The first kappa shape index (κ1) is 18.8. The van der Waals surface area contributed by atoms with Gasteiger partial charge >= 0.3 is 5.97 Å². The van der Waals surface area contributed by atoms with Crippen LogP contribution in [0.1, 0.15) is 10.4 Å². The highest BCUT2D eigenvalue weighted by molar-refractivity contribution is 6.32. The highest BCUT2D eigenvalue weighted by Gasteiger charge is 2.18. The standard InChI is InChI=1S/C22H12ClF2NO3/c23-19-11-14(25)7-10-20(19)29-22(28)18-12-26(15-8-5-13(24)6-9-15)21(27)17-4-2-1-3-16(17)18/h1-12H. The normalized spacial score (nSPS) is 10.9. The number of fused-ring (bicyclic) bond motifs is 1. The summed E-state index contributed by atoms with van der Waals surface area (Å²) in [7, 11) is 0. The molecule has 0 saturated heterocycles. The van der Waals surface area contributed by atoms with Gasteiger partial charge in [-0.3, -0.25) is 9.36 Å². The van der Waals surface area contributed by atoms with E-state index in [1.165, 1.54) is 41.1 Å². The van der Waals surface area contributed by atoms with E-state index in [0.29, 0.717) is 11.1 Å². The Morgan fingerprint density at radius 2 is 1.55 bits per heavy atom. The summed E-state index contributed by atoms with van der Waals surface area (Å²) in [5, 5.41) is 0.616. The van der Waals surface area contributed by atoms with Gasteiger partial charge in [0.1, 0.15) is 17.4 Å². The van der Waals surface area contributed by atoms with Gasteiger partial charge in [-0.2, -0.15) is 0 Å². The number of carbonyl (C=O) groups is 1. The van der Waals surface area contributed by atoms with Crippen molar-refractivity contribution in [3.63, 3.8) is 0 Å². The highest BCUT2D eigenvalue weighted by Crippen LogP contribution is 2.27. The lowest BCUT2D eigenvalue weighted by molar-refractivity contribution is 0.0736. The van der Waals surface area contributed by atoms with E-state index in [9.17, 15) is 18.4 Å². The molecular formula is C22H12ClF2NO3. The molecule has 0 bridgehead atoms. The zero-order chi connectivity index (χ0) is 20.5. The predicted octanol–water partition coefficient (Wildman–Crippen LogP) is 5.14. The number of hydrogen-bond acceptors (Lipinski definition) is 3. The zero-order valence-corrected chi connectivity index (χ0v) is 15.5. The average Bonchev–Trinajstić information content (AvgIpc) is 2.71. The number of ether oxygens (including phenoxy) is 1. The Kier molecular flexibility index (Phi) is 4.86. The van der Waals surface area contributed by atoms with Crippen LogP contribution in [0.5, 0.6) is 5.75 Å². The third-order valence-electron chi connectivity index (χ3n) is 4.35. The third kappa shape index (κ3) is 3.62. The van der Waals surface area contributed by atoms with Crippen LogP contribution in [0.25, 0.3) is 16.5 Å². The fourth-order valence-electron chi connectivity index (χ4n) is 2.96. The maximum absolute atomic E-state index is 13.3. The first-order chi connectivity index (χ1) is 13.9. The Morgan fingerprint density at radius 3 is 2.24 bits per heavy atom. The van der Waals surface area contributed by atoms with E-state index >= 15 is 0 Å². The van der Waals surface area contributed by atoms with Crippen LogP contribution >= 0.6 is 11.6 Å². The van der Waals surface area contributed by atoms with Crippen LogP contribution in [0.3, 0.4) is 0 Å². The number of benzene rings is 3. The Morgan fingerprint density at radius 1 is 0.897 bits per heavy atom. The maximum atomic E-state index is 13.3. The van der Waals surface area contributed by atoms with Gasteiger partial charge in [0.15, 0.2) is 0 Å². The molecule has 144 valence electrons. The SMILES string of the molecule is O=C(Oc1ccc(F)cc1Cl)c1cn(-c2ccc(F)cc2)c(=O)c2ccccc12. The minimum absolute atomic E-state index is 0.0123. The molecule has 4 rings (SSSR count). The van der Waals surface area contributed by atoms with Crippen molar-refractivity contribution in [3.05, 3.63) is 106 Å². The molecule has 0 aliphatic rings. The van der Waals surface area contributed by atoms with Gasteiger partial charge in [-0.1, -0.05) is 29.8 Å². The molecule has 0 fully saturated rings. The molecule has 0 unspecified atom stereocenters. The van der Waals surface area contributed by atoms with Crippen molar-refractivity contribution in [2.45, 2.75) is 0 Å². The molecule has 3 aromatic carbocycles. The molecule has 0 aliphatic carbocycles. The third-order valence-corrected chi connectivity index (χ3v) is 4.64. The number of nitrogens with zero attached hydrogens (tertiary/aromatic N) is 1. The van der Waals surface area contributed by atoms with Gasteiger partial charge in [0, 0.05) is 22.7 Å². The summed E-state index contributed by atoms with van der Waals surface area (Å²) in [6.07, 6.45) is 1.33. The van der Waals surface area contributed by atoms with Gasteiger partial charge in [0.2, 0.25) is 0 Å². The fourth-order valence-corrected chi connectivity index (χ4v) is 3.17. The van der Waals surface area contributed by atoms with Crippen LogP contribution in [-0.2, 0) is 0 Å². The second-order valence-electron chi connectivity index (χ2n) is 6.20. The molecule has 0 radical (unpaired) electrons. The van der Waals surface area contributed by atoms with Crippen molar-refractivity contribution in [3.8, 4) is 11.4 Å². The van der Waals surface area contributed by atoms with Crippen molar-refractivity contribution in [1.82, 2.24) is 4.57 Å². The fraction of sp³-hybridized carbons (Fsp3) is 0. The van der Waals surface area contributed by atoms with Gasteiger partial charge in [0.25, 0.3) is 5.56 Å². The average molecular weight is 412 g/mol. The molecule has 4 nitrogen and oxygen atoms in total. The molecule has 0 amide bonds. The van der Waals surface area contributed by atoms with E-state index in [0.717, 1.165) is 12.1 Å². The number of hydrogen-bond donors (Lipinski definition) is 0. The van der Waals surface area contributed by atoms with E-state index in [4.69, 9.17) is 16.3 Å². The van der Waals surface area contributed by atoms with E-state index in [1.807, 2.05) is 0 Å². The second-order valence-corrected chi connectivity index (χ2v) is 6.61. The van der Waals surface area contributed by atoms with Crippen LogP contribution in [0.4, 0.5) is 8.78 Å². The summed E-state index contributed by atoms with van der Waals surface area (Å²) in [4.78, 5) is 25.8. The van der Waals surface area contributed by atoms with Crippen molar-refractivity contribution < 1.29 is 18.3 Å². The first-order valence-corrected chi connectivity index (χ1v) is 8.89. The van der Waals surface area contributed by atoms with Crippen molar-refractivity contribution in [2.75, 3.05) is 0 Å². The smallest absolute Gasteiger partial charge is 0.345 e. The van der Waals surface area contributed by atoms with Crippen LogP contribution < -0.4 is 10.3 Å². The lowest BCUT2D eigenvalue weighted by Crippen LogP contribution is -2.22. The molecule has 1 heterocycles. The number of pyridine rings is 1. The Bertz CT molecular complexity index is 1300. The molecule has 0 spiro atoms. The van der Waals surface area contributed by atoms with Crippen LogP contribution in [-0.4, -0.2) is 10.5 Å². The summed E-state index contributed by atoms with van der Waals surface area (Å²) in [6.45, 7) is 0. The van der Waals surface area contributed by atoms with Crippen molar-refractivity contribution in [2.24, 2.45) is 0 Å². The van der Waals surface area contributed by atoms with E-state index in [2.05, 4.69) is 0 Å². The lowest BCUT2D eigenvalue weighted by atomic mass is 10.1. The van der Waals surface area contributed by atoms with Gasteiger partial charge in [0.05, 0.1) is 10.6 Å². The summed E-state index contributed by atoms with van der Waals surface area (Å²) < 4.78 is 33.1. The van der Waals surface area contributed by atoms with Crippen molar-refractivity contribution in [1.29, 1.82) is 0 Å². The summed E-state index contributed by atoms with van der Waals surface area (Å²) in [6, 6.07) is 15.2. The molecule has 29 heavy (non-hydrogen) atoms. The lowest BCUT2D eigenvalue weighted by Gasteiger charge is -2.12. The Labute approximate surface area is 168 Å². The highest BCUT2D eigenvalue weighted by atomic mass is 35.5. The van der Waals surface area contributed by atoms with Crippen LogP contribution in [0.15, 0.2) is 77.7 Å². The van der Waals surface area contributed by atoms with Gasteiger partial charge < -0.3 is 4.74 Å². The quantitative estimate of drug-likeness (QED) is 0.346. The molecular weight excluding hydrogens is 400 g/mol. The van der Waals surface area contributed by atoms with Crippen LogP contribution in [0, 0.1) is 11.6 Å². The van der Waals surface area contributed by atoms with E-state index < -0.39 is 17.6 Å². The maximum Gasteiger partial charge on any atom is 0.345 e. The second kappa shape index (κ2) is 7.48. The molecule has 0 N–H and O–H groups in total. The predicted molar refractivity (Wildman–Crippen MR) is 106 cm³/mol. The molecule has 1 aromatic heterocycles. The molecule has 0 atom stereocenters. The van der Waals surface area contributed by atoms with Crippen LogP contribution in [0.2, 0.25) is 5.02 Å². The molecule has 7 heteroatoms. The van der Waals surface area contributed by atoms with Gasteiger partial charge in [-0.05, 0) is 48.5 Å². The first-order valence-electron chi connectivity index (χ1n) is 8.51. The van der Waals surface area contributed by atoms with Crippen molar-refractivity contribution >= 4 is 28.3 Å². The zero-order valence-electron chi connectivity index (χ0n) is 14.7. The Hall–Kier alpha value is -3.51. The number of esters is 1. The molecule has 4 aromatic rings. The molecule has 0 saturated carbocycles.